The van der Waals surface area contributed by atoms with E-state index in [2.05, 4.69) is 26.0 Å². The molecule has 96 heavy (non-hydrogen) atoms. The van der Waals surface area contributed by atoms with E-state index >= 15 is 0 Å². The average Bonchev–Trinajstić information content (AvgIpc) is 1.35. The van der Waals surface area contributed by atoms with Crippen LogP contribution in [0, 0.1) is 34.5 Å². The van der Waals surface area contributed by atoms with Crippen molar-refractivity contribution >= 4 is 10.4 Å². The van der Waals surface area contributed by atoms with E-state index in [0.29, 0.717) is 32.1 Å². The van der Waals surface area contributed by atoms with Crippen molar-refractivity contribution in [2.24, 2.45) is 34.5 Å². The summed E-state index contributed by atoms with van der Waals surface area (Å²) in [5.41, 5.74) is 0.216. The van der Waals surface area contributed by atoms with Crippen molar-refractivity contribution in [2.45, 2.75) is 309 Å². The standard InChI is InChI=1S/C62H102O32S.Na/c1-23(2)10-9-15-62(8,78)36-12-11-29-28-19-32(31-18-27(94-95(79,80)81)13-16-60(31,6)30(28)14-17-61(29,36)7)86-57-49(77)51(41(69)34(21-64)88-57)91-58-52(92-54-46(74)43(71)37(65)24(3)83-54)42(70)35(22-82-58)89-59-53(45(73)38(66)25(4)85-59)93-56-48(76)50(39(67)26(5)84-56)90-55-47(75)44(72)40(68)33(20-63)87-55;/h10,14,24-29,31-59,63-78H,9,11-13,15-22H2,1-8H3,(H,79,80,81);/q;+1/p-1/t24-,25-,26-,27+,28+,29+,31-,32+,33-,34-,35-,36+,37-,38+,39+,40+,41-,42+,43+,44+,45+,46-,47-,48-,49-,50+,51+,52-,53-,54+,55+,56+,57-,58+,59+,60-,61+,62+;/m1./s1. The van der Waals surface area contributed by atoms with Crippen LogP contribution in [0.25, 0.3) is 0 Å². The summed E-state index contributed by atoms with van der Waals surface area (Å²) in [6, 6.07) is 0. The van der Waals surface area contributed by atoms with Gasteiger partial charge in [-0.25, -0.2) is 8.42 Å². The first-order valence-corrected chi connectivity index (χ1v) is 34.5. The van der Waals surface area contributed by atoms with Crippen molar-refractivity contribution in [3.05, 3.63) is 23.3 Å². The fraction of sp³-hybridized carbons (Fsp3) is 0.935. The van der Waals surface area contributed by atoms with Crippen LogP contribution >= 0.6 is 0 Å². The third-order valence-electron chi connectivity index (χ3n) is 22.4. The number of fused-ring (bicyclic) bond motifs is 5. The summed E-state index contributed by atoms with van der Waals surface area (Å²) < 4.78 is 114. The second kappa shape index (κ2) is 31.5. The average molecular weight is 1410 g/mol. The molecule has 0 spiro atoms. The van der Waals surface area contributed by atoms with Gasteiger partial charge in [0.05, 0.1) is 55.9 Å². The van der Waals surface area contributed by atoms with E-state index < -0.39 is 237 Å². The van der Waals surface area contributed by atoms with E-state index in [4.69, 9.17) is 61.0 Å². The van der Waals surface area contributed by atoms with Crippen LogP contribution in [0.3, 0.4) is 0 Å². The van der Waals surface area contributed by atoms with Crippen molar-refractivity contribution < 1.29 is 185 Å². The Morgan fingerprint density at radius 1 is 0.583 bits per heavy atom. The topological polar surface area (TPSA) is 501 Å². The van der Waals surface area contributed by atoms with E-state index in [1.807, 2.05) is 20.8 Å². The maximum atomic E-state index is 12.5. The van der Waals surface area contributed by atoms with Crippen LogP contribution < -0.4 is 29.6 Å². The first-order valence-electron chi connectivity index (χ1n) is 33.1. The van der Waals surface area contributed by atoms with Crippen molar-refractivity contribution in [3.8, 4) is 0 Å². The number of aliphatic hydroxyl groups is 16. The van der Waals surface area contributed by atoms with E-state index in [0.717, 1.165) is 24.0 Å². The smallest absolute Gasteiger partial charge is 0.726 e. The maximum Gasteiger partial charge on any atom is 1.00 e. The van der Waals surface area contributed by atoms with Crippen LogP contribution in [0.4, 0.5) is 0 Å². The molecule has 0 radical (unpaired) electrons. The van der Waals surface area contributed by atoms with Crippen molar-refractivity contribution in [2.75, 3.05) is 19.8 Å². The molecule has 0 amide bonds. The Hall–Kier alpha value is -0.770. The molecule has 10 rings (SSSR count). The molecule has 6 aliphatic heterocycles. The summed E-state index contributed by atoms with van der Waals surface area (Å²) in [7, 11) is -5.16. The second-order valence-corrected chi connectivity index (χ2v) is 30.0. The Balaban J connectivity index is 0.0000108. The number of hydrogen-bond acceptors (Lipinski definition) is 32. The normalized spacial score (nSPS) is 51.4. The van der Waals surface area contributed by atoms with Crippen LogP contribution in [-0.4, -0.2) is 310 Å². The molecule has 34 heteroatoms. The molecule has 38 atom stereocenters. The second-order valence-electron chi connectivity index (χ2n) is 29.0. The summed E-state index contributed by atoms with van der Waals surface area (Å²) in [5, 5.41) is 180. The Bertz CT molecular complexity index is 2730. The molecule has 0 unspecified atom stereocenters. The minimum atomic E-state index is -5.16. The molecule has 32 nitrogen and oxygen atoms in total. The molecule has 0 aromatic rings. The molecular weight excluding hydrogens is 1310 g/mol. The Kier molecular flexibility index (Phi) is 26.0. The van der Waals surface area contributed by atoms with Gasteiger partial charge in [0.25, 0.3) is 0 Å². The number of aliphatic hydroxyl groups excluding tert-OH is 15. The van der Waals surface area contributed by atoms with Crippen molar-refractivity contribution in [1.82, 2.24) is 0 Å². The van der Waals surface area contributed by atoms with Gasteiger partial charge < -0.3 is 143 Å². The van der Waals surface area contributed by atoms with Crippen LogP contribution in [0.2, 0.25) is 0 Å². The zero-order valence-electron chi connectivity index (χ0n) is 55.4. The van der Waals surface area contributed by atoms with Crippen LogP contribution in [0.15, 0.2) is 23.3 Å². The number of rotatable bonds is 20. The predicted molar refractivity (Wildman–Crippen MR) is 316 cm³/mol. The third kappa shape index (κ3) is 15.9. The minimum Gasteiger partial charge on any atom is -0.726 e. The van der Waals surface area contributed by atoms with E-state index in [-0.39, 0.29) is 65.6 Å². The number of hydrogen-bond donors (Lipinski definition) is 16. The van der Waals surface area contributed by atoms with Gasteiger partial charge in [-0.05, 0) is 134 Å². The van der Waals surface area contributed by atoms with Crippen LogP contribution in [0.5, 0.6) is 0 Å². The number of allylic oxidation sites excluding steroid dienone is 4. The van der Waals surface area contributed by atoms with Gasteiger partial charge in [-0.15, -0.1) is 0 Å². The molecule has 548 valence electrons. The van der Waals surface area contributed by atoms with Gasteiger partial charge in [-0.3, -0.25) is 4.18 Å². The molecule has 6 heterocycles. The van der Waals surface area contributed by atoms with Gasteiger partial charge >= 0.3 is 29.6 Å². The summed E-state index contributed by atoms with van der Waals surface area (Å²) in [4.78, 5) is 0. The quantitative estimate of drug-likeness (QED) is 0.0233. The van der Waals surface area contributed by atoms with E-state index in [1.165, 1.54) is 20.8 Å². The SMILES string of the molecule is CC(C)=CCC[C@](C)(O)[C@H]1CC[C@H]2[C@@H]3C[C@H](O[C@@H]4O[C@H](CO)[C@@H](O)[C@H](O[C@@H]5OC[C@@H](O[C@@H]6O[C@H](C)[C@H](O)[C@H](O)[C@H]6O[C@@H]6O[C@H](C)[C@H](O)[C@H](O[C@@H]7O[C@H](CO)[C@H](O)[C@H](O)[C@H]7O)[C@H]6O)[C@H](O)[C@H]5O[C@@H]5O[C@H](C)[C@@H](O)[C@H](O)[C@H]5O)[C@H]4O)[C@H]4C[C@@H](OS(=O)(=O)[O-])CC[C@]4(C)C3=CC[C@@]21C.[Na+]. The van der Waals surface area contributed by atoms with Gasteiger partial charge in [0.2, 0.25) is 10.4 Å². The first kappa shape index (κ1) is 79.3. The van der Waals surface area contributed by atoms with Gasteiger partial charge in [-0.1, -0.05) is 37.1 Å². The molecular formula is C62H101NaO32S. The summed E-state index contributed by atoms with van der Waals surface area (Å²) in [6.07, 6.45) is -45.0. The van der Waals surface area contributed by atoms with Crippen LogP contribution in [0.1, 0.15) is 113 Å². The zero-order chi connectivity index (χ0) is 69.5. The summed E-state index contributed by atoms with van der Waals surface area (Å²) in [5.74, 6) is -0.777. The monoisotopic (exact) mass is 1410 g/mol. The fourth-order valence-electron chi connectivity index (χ4n) is 17.0. The molecule has 10 aliphatic rings. The van der Waals surface area contributed by atoms with E-state index in [9.17, 15) is 94.7 Å². The third-order valence-corrected chi connectivity index (χ3v) is 22.9. The first-order chi connectivity index (χ1) is 44.5. The zero-order valence-corrected chi connectivity index (χ0v) is 58.3. The van der Waals surface area contributed by atoms with Crippen molar-refractivity contribution in [3.63, 3.8) is 0 Å². The molecule has 6 saturated heterocycles. The van der Waals surface area contributed by atoms with Gasteiger partial charge in [0.15, 0.2) is 37.7 Å². The predicted octanol–water partition coefficient (Wildman–Crippen LogP) is -7.45. The Morgan fingerprint density at radius 2 is 1.08 bits per heavy atom. The van der Waals surface area contributed by atoms with E-state index in [1.54, 1.807) is 0 Å². The van der Waals surface area contributed by atoms with Gasteiger partial charge in [0.1, 0.15) is 122 Å². The molecule has 0 bridgehead atoms. The summed E-state index contributed by atoms with van der Waals surface area (Å²) >= 11 is 0. The molecule has 9 fully saturated rings. The molecule has 4 aliphatic carbocycles. The molecule has 16 N–H and O–H groups in total. The number of ether oxygens (including phenoxy) is 12. The minimum absolute atomic E-state index is 0. The van der Waals surface area contributed by atoms with Crippen molar-refractivity contribution in [1.29, 1.82) is 0 Å². The van der Waals surface area contributed by atoms with Gasteiger partial charge in [-0.2, -0.15) is 0 Å². The Labute approximate surface area is 579 Å². The van der Waals surface area contributed by atoms with Gasteiger partial charge in [0, 0.05) is 0 Å². The van der Waals surface area contributed by atoms with Crippen LogP contribution in [-0.2, 0) is 71.4 Å². The fourth-order valence-corrected chi connectivity index (χ4v) is 17.5. The molecule has 0 aromatic heterocycles. The Morgan fingerprint density at radius 3 is 1.69 bits per heavy atom. The molecule has 3 saturated carbocycles. The molecule has 0 aromatic carbocycles. The maximum absolute atomic E-state index is 12.5. The largest absolute Gasteiger partial charge is 1.00 e. The summed E-state index contributed by atoms with van der Waals surface area (Å²) in [6.45, 7) is 11.8.